The number of hydrogen-bond donors (Lipinski definition) is 1. The van der Waals surface area contributed by atoms with Crippen molar-refractivity contribution in [2.75, 3.05) is 26.2 Å². The number of hydrogen-bond acceptors (Lipinski definition) is 6. The number of halogens is 1. The van der Waals surface area contributed by atoms with Crippen LogP contribution in [0.1, 0.15) is 42.1 Å². The molecule has 0 unspecified atom stereocenters. The number of piperidine rings is 1. The second-order valence-corrected chi connectivity index (χ2v) is 10.4. The van der Waals surface area contributed by atoms with Gasteiger partial charge in [0.25, 0.3) is 0 Å². The molecule has 2 aromatic heterocycles. The first kappa shape index (κ1) is 24.7. The molecule has 0 bridgehead atoms. The Morgan fingerprint density at radius 3 is 2.50 bits per heavy atom. The summed E-state index contributed by atoms with van der Waals surface area (Å²) in [6, 6.07) is 20.1. The summed E-state index contributed by atoms with van der Waals surface area (Å²) in [5.74, 6) is 3.16. The van der Waals surface area contributed by atoms with E-state index < -0.39 is 0 Å². The van der Waals surface area contributed by atoms with Crippen LogP contribution in [0.15, 0.2) is 82.6 Å². The number of fused-ring (bicyclic) bond motifs is 1. The van der Waals surface area contributed by atoms with E-state index in [1.807, 2.05) is 48.8 Å². The van der Waals surface area contributed by atoms with Crippen LogP contribution >= 0.6 is 11.6 Å². The van der Waals surface area contributed by atoms with Gasteiger partial charge in [-0.2, -0.15) is 0 Å². The van der Waals surface area contributed by atoms with E-state index in [-0.39, 0.29) is 0 Å². The van der Waals surface area contributed by atoms with Gasteiger partial charge in [-0.25, -0.2) is 0 Å². The monoisotopic (exact) mass is 527 g/mol. The Morgan fingerprint density at radius 2 is 1.74 bits per heavy atom. The Bertz CT molecular complexity index is 1420. The third kappa shape index (κ3) is 5.19. The maximum atomic E-state index is 9.32. The lowest BCUT2D eigenvalue weighted by atomic mass is 9.93. The maximum absolute atomic E-state index is 9.32. The third-order valence-corrected chi connectivity index (χ3v) is 7.90. The third-order valence-electron chi connectivity index (χ3n) is 7.65. The van der Waals surface area contributed by atoms with E-state index in [1.54, 1.807) is 0 Å². The first-order chi connectivity index (χ1) is 18.7. The van der Waals surface area contributed by atoms with Gasteiger partial charge in [0.15, 0.2) is 0 Å². The van der Waals surface area contributed by atoms with Gasteiger partial charge in [0.2, 0.25) is 0 Å². The number of furan rings is 1. The summed E-state index contributed by atoms with van der Waals surface area (Å²) in [6.07, 6.45) is 7.38. The van der Waals surface area contributed by atoms with Gasteiger partial charge in [0.05, 0.1) is 5.71 Å². The van der Waals surface area contributed by atoms with Gasteiger partial charge in [-0.1, -0.05) is 28.9 Å². The normalized spacial score (nSPS) is 17.1. The first-order valence-electron chi connectivity index (χ1n) is 13.2. The number of likely N-dealkylation sites (tertiary alicyclic amines) is 1. The molecule has 0 atom stereocenters. The lowest BCUT2D eigenvalue weighted by Crippen LogP contribution is -2.35. The van der Waals surface area contributed by atoms with Gasteiger partial charge in [-0.15, -0.1) is 0 Å². The molecule has 0 saturated carbocycles. The molecule has 4 aromatic rings. The summed E-state index contributed by atoms with van der Waals surface area (Å²) >= 11 is 5.96. The van der Waals surface area contributed by atoms with Crippen LogP contribution in [-0.4, -0.2) is 47.0 Å². The van der Waals surface area contributed by atoms with Crippen molar-refractivity contribution in [3.63, 3.8) is 0 Å². The number of rotatable bonds is 7. The van der Waals surface area contributed by atoms with Gasteiger partial charge in [0, 0.05) is 46.6 Å². The zero-order chi connectivity index (χ0) is 25.9. The van der Waals surface area contributed by atoms with Gasteiger partial charge in [-0.3, -0.25) is 9.88 Å². The molecule has 0 spiro atoms. The molecule has 1 aliphatic carbocycles. The number of nitrogens with zero attached hydrogens (tertiary/aromatic N) is 3. The highest BCUT2D eigenvalue weighted by molar-refractivity contribution is 6.30. The molecule has 1 fully saturated rings. The molecule has 1 saturated heterocycles. The quantitative estimate of drug-likeness (QED) is 0.206. The van der Waals surface area contributed by atoms with Crippen LogP contribution in [0.25, 0.3) is 22.5 Å². The number of pyridine rings is 1. The minimum atomic E-state index is 0.375. The van der Waals surface area contributed by atoms with Gasteiger partial charge in [-0.05, 0) is 98.4 Å². The fraction of sp³-hybridized carbons (Fsp3) is 0.290. The maximum Gasteiger partial charge on any atom is 0.142 e. The van der Waals surface area contributed by atoms with Crippen molar-refractivity contribution in [1.82, 2.24) is 9.88 Å². The van der Waals surface area contributed by atoms with E-state index >= 15 is 0 Å². The number of benzene rings is 2. The van der Waals surface area contributed by atoms with Crippen molar-refractivity contribution in [1.29, 1.82) is 0 Å². The molecule has 2 aliphatic rings. The molecule has 0 amide bonds. The van der Waals surface area contributed by atoms with Crippen molar-refractivity contribution in [3.05, 3.63) is 95.0 Å². The van der Waals surface area contributed by atoms with Crippen LogP contribution in [0.3, 0.4) is 0 Å². The Labute approximate surface area is 227 Å². The topological polar surface area (TPSA) is 71.1 Å². The van der Waals surface area contributed by atoms with Crippen LogP contribution < -0.4 is 4.74 Å². The Kier molecular flexibility index (Phi) is 7.16. The molecule has 6 nitrogen and oxygen atoms in total. The molecule has 38 heavy (non-hydrogen) atoms. The van der Waals surface area contributed by atoms with Crippen LogP contribution in [0.2, 0.25) is 5.02 Å². The predicted octanol–water partition coefficient (Wildman–Crippen LogP) is 7.04. The molecule has 1 N–H and O–H groups in total. The summed E-state index contributed by atoms with van der Waals surface area (Å²) < 4.78 is 12.5. The van der Waals surface area contributed by atoms with E-state index in [0.717, 1.165) is 90.6 Å². The molecule has 2 aromatic carbocycles. The molecular formula is C31H30ClN3O3. The zero-order valence-corrected chi connectivity index (χ0v) is 21.9. The van der Waals surface area contributed by atoms with Crippen LogP contribution in [0, 0.1) is 0 Å². The first-order valence-corrected chi connectivity index (χ1v) is 13.5. The van der Waals surface area contributed by atoms with E-state index in [9.17, 15) is 5.21 Å². The standard InChI is InChI=1S/C31H30ClN3O3/c32-25-3-5-26(6-4-25)37-18-17-35-15-11-22(12-16-35)30-20-28(21-9-13-33-14-10-21)31(38-30)24-1-7-27-23(19-24)2-8-29(27)34-36/h1,3-7,9-10,13-14,19-20,22,36H,2,8,11-12,15-18H2. The molecule has 1 aliphatic heterocycles. The number of aromatic nitrogens is 1. The van der Waals surface area contributed by atoms with Crippen molar-refractivity contribution < 1.29 is 14.4 Å². The van der Waals surface area contributed by atoms with Crippen molar-refractivity contribution in [2.45, 2.75) is 31.6 Å². The number of aryl methyl sites for hydroxylation is 1. The summed E-state index contributed by atoms with van der Waals surface area (Å²) in [7, 11) is 0. The largest absolute Gasteiger partial charge is 0.492 e. The average molecular weight is 528 g/mol. The van der Waals surface area contributed by atoms with Gasteiger partial charge < -0.3 is 14.4 Å². The molecular weight excluding hydrogens is 498 g/mol. The number of ether oxygens (including phenoxy) is 1. The predicted molar refractivity (Wildman–Crippen MR) is 149 cm³/mol. The van der Waals surface area contributed by atoms with Gasteiger partial charge >= 0.3 is 0 Å². The minimum Gasteiger partial charge on any atom is -0.492 e. The van der Waals surface area contributed by atoms with E-state index in [4.69, 9.17) is 20.8 Å². The lowest BCUT2D eigenvalue weighted by molar-refractivity contribution is 0.168. The molecule has 7 heteroatoms. The highest BCUT2D eigenvalue weighted by atomic mass is 35.5. The fourth-order valence-electron chi connectivity index (χ4n) is 5.55. The smallest absolute Gasteiger partial charge is 0.142 e. The van der Waals surface area contributed by atoms with Crippen LogP contribution in [0.4, 0.5) is 0 Å². The second kappa shape index (κ2) is 11.0. The zero-order valence-electron chi connectivity index (χ0n) is 21.1. The Hall–Kier alpha value is -3.61. The van der Waals surface area contributed by atoms with Crippen molar-refractivity contribution >= 4 is 17.3 Å². The van der Waals surface area contributed by atoms with E-state index in [2.05, 4.69) is 39.3 Å². The molecule has 0 radical (unpaired) electrons. The van der Waals surface area contributed by atoms with E-state index in [0.29, 0.717) is 17.5 Å². The summed E-state index contributed by atoms with van der Waals surface area (Å²) in [5.41, 5.74) is 6.23. The highest BCUT2D eigenvalue weighted by Gasteiger charge is 2.26. The number of oxime groups is 1. The summed E-state index contributed by atoms with van der Waals surface area (Å²) in [6.45, 7) is 3.58. The highest BCUT2D eigenvalue weighted by Crippen LogP contribution is 2.41. The fourth-order valence-corrected chi connectivity index (χ4v) is 5.68. The Balaban J connectivity index is 1.17. The van der Waals surface area contributed by atoms with Crippen molar-refractivity contribution in [2.24, 2.45) is 5.16 Å². The molecule has 3 heterocycles. The summed E-state index contributed by atoms with van der Waals surface area (Å²) in [4.78, 5) is 6.66. The summed E-state index contributed by atoms with van der Waals surface area (Å²) in [5, 5.41) is 13.5. The SMILES string of the molecule is ON=C1CCc2cc(-c3oc(C4CCN(CCOc5ccc(Cl)cc5)CC4)cc3-c3ccncc3)ccc21. The average Bonchev–Trinajstić information content (AvgIpc) is 3.59. The Morgan fingerprint density at radius 1 is 0.947 bits per heavy atom. The molecule has 194 valence electrons. The lowest BCUT2D eigenvalue weighted by Gasteiger charge is -2.30. The second-order valence-electron chi connectivity index (χ2n) is 9.96. The minimum absolute atomic E-state index is 0.375. The van der Waals surface area contributed by atoms with Gasteiger partial charge in [0.1, 0.15) is 23.9 Å². The van der Waals surface area contributed by atoms with Crippen LogP contribution in [-0.2, 0) is 6.42 Å². The van der Waals surface area contributed by atoms with Crippen LogP contribution in [0.5, 0.6) is 5.75 Å². The van der Waals surface area contributed by atoms with Crippen molar-refractivity contribution in [3.8, 4) is 28.2 Å². The van der Waals surface area contributed by atoms with E-state index in [1.165, 1.54) is 5.56 Å². The molecule has 6 rings (SSSR count).